The van der Waals surface area contributed by atoms with Crippen molar-refractivity contribution in [2.75, 3.05) is 0 Å². The van der Waals surface area contributed by atoms with Gasteiger partial charge in [0.1, 0.15) is 30.5 Å². The number of hydrogen-bond acceptors (Lipinski definition) is 9. The Morgan fingerprint density at radius 3 is 1.96 bits per heavy atom. The number of aliphatic hydroxyl groups excluding tert-OH is 2. The molecule has 4 N–H and O–H groups in total. The minimum Gasteiger partial charge on any atom is -0.460 e. The number of amides is 2. The number of benzene rings is 3. The number of esters is 1. The van der Waals surface area contributed by atoms with Crippen LogP contribution in [0.15, 0.2) is 91.0 Å². The number of nitrogens with one attached hydrogen (secondary N) is 2. The molecule has 6 atom stereocenters. The zero-order valence-electron chi connectivity index (χ0n) is 25.5. The Bertz CT molecular complexity index is 1380. The van der Waals surface area contributed by atoms with E-state index in [1.165, 1.54) is 0 Å². The highest BCUT2D eigenvalue weighted by atomic mass is 16.7. The number of rotatable bonds is 11. The average Bonchev–Trinajstić information content (AvgIpc) is 3.02. The maximum Gasteiger partial charge on any atom is 0.407 e. The maximum absolute atomic E-state index is 13.6. The lowest BCUT2D eigenvalue weighted by Gasteiger charge is -2.42. The Balaban J connectivity index is 1.50. The lowest BCUT2D eigenvalue weighted by Crippen LogP contribution is -2.66. The van der Waals surface area contributed by atoms with E-state index in [1.54, 1.807) is 75.4 Å². The van der Waals surface area contributed by atoms with Crippen molar-refractivity contribution in [3.63, 3.8) is 0 Å². The zero-order chi connectivity index (χ0) is 32.4. The Hall–Kier alpha value is -4.29. The largest absolute Gasteiger partial charge is 0.460 e. The van der Waals surface area contributed by atoms with E-state index in [0.29, 0.717) is 5.56 Å². The molecule has 1 aliphatic rings. The van der Waals surface area contributed by atoms with Gasteiger partial charge in [-0.25, -0.2) is 4.79 Å². The SMILES string of the molecule is CC(C)(C)OC(=O)C[C@H](NC(=O)[C@H]1O[C@H](OCc2ccccc2)[C@H](NC(=O)OCc2ccccc2)[C@@H](O)[C@@H]1O)c1ccccc1. The standard InChI is InChI=1S/C34H40N2O9/c1-34(2,3)45-26(37)19-25(24-17-11-6-12-18-24)35-31(40)30-29(39)28(38)27(32(44-30)42-20-22-13-7-4-8-14-22)36-33(41)43-21-23-15-9-5-10-16-23/h4-18,25,27-30,32,38-39H,19-21H2,1-3H3,(H,35,40)(H,36,41)/t25-,27+,28+,29-,30-,32-/m0/s1. The molecule has 4 rings (SSSR count). The summed E-state index contributed by atoms with van der Waals surface area (Å²) in [6.45, 7) is 5.22. The quantitative estimate of drug-likeness (QED) is 0.236. The third-order valence-electron chi connectivity index (χ3n) is 6.92. The maximum atomic E-state index is 13.6. The van der Waals surface area contributed by atoms with Gasteiger partial charge in [0.2, 0.25) is 0 Å². The van der Waals surface area contributed by atoms with Crippen LogP contribution in [0.1, 0.15) is 49.9 Å². The monoisotopic (exact) mass is 620 g/mol. The fraction of sp³-hybridized carbons (Fsp3) is 0.382. The Morgan fingerprint density at radius 2 is 1.38 bits per heavy atom. The lowest BCUT2D eigenvalue weighted by molar-refractivity contribution is -0.262. The minimum absolute atomic E-state index is 0.0190. The zero-order valence-corrected chi connectivity index (χ0v) is 25.5. The second-order valence-corrected chi connectivity index (χ2v) is 11.7. The molecule has 2 amide bonds. The smallest absolute Gasteiger partial charge is 0.407 e. The van der Waals surface area contributed by atoms with Crippen molar-refractivity contribution in [2.45, 2.75) is 82.7 Å². The van der Waals surface area contributed by atoms with Crippen molar-refractivity contribution in [1.29, 1.82) is 0 Å². The van der Waals surface area contributed by atoms with Crippen molar-refractivity contribution in [1.82, 2.24) is 10.6 Å². The van der Waals surface area contributed by atoms with Crippen molar-refractivity contribution < 1.29 is 43.5 Å². The first kappa shape index (κ1) is 33.6. The minimum atomic E-state index is -1.76. The molecule has 1 heterocycles. The number of carbonyl (C=O) groups is 3. The van der Waals surface area contributed by atoms with Crippen molar-refractivity contribution >= 4 is 18.0 Å². The van der Waals surface area contributed by atoms with Gasteiger partial charge >= 0.3 is 12.1 Å². The second kappa shape index (κ2) is 15.6. The summed E-state index contributed by atoms with van der Waals surface area (Å²) in [5.74, 6) is -1.33. The molecule has 1 saturated heterocycles. The lowest BCUT2D eigenvalue weighted by atomic mass is 9.95. The van der Waals surface area contributed by atoms with Crippen molar-refractivity contribution in [3.8, 4) is 0 Å². The van der Waals surface area contributed by atoms with Gasteiger partial charge < -0.3 is 39.8 Å². The van der Waals surface area contributed by atoms with Crippen LogP contribution < -0.4 is 10.6 Å². The van der Waals surface area contributed by atoms with Crippen molar-refractivity contribution in [3.05, 3.63) is 108 Å². The molecule has 0 radical (unpaired) electrons. The van der Waals surface area contributed by atoms with E-state index in [2.05, 4.69) is 10.6 Å². The van der Waals surface area contributed by atoms with Gasteiger partial charge in [-0.1, -0.05) is 91.0 Å². The van der Waals surface area contributed by atoms with Gasteiger partial charge in [-0.05, 0) is 37.5 Å². The molecule has 11 nitrogen and oxygen atoms in total. The highest BCUT2D eigenvalue weighted by Crippen LogP contribution is 2.26. The summed E-state index contributed by atoms with van der Waals surface area (Å²) < 4.78 is 22.6. The topological polar surface area (TPSA) is 153 Å². The average molecular weight is 621 g/mol. The molecule has 1 aliphatic heterocycles. The molecule has 45 heavy (non-hydrogen) atoms. The third kappa shape index (κ3) is 10.1. The molecule has 0 aliphatic carbocycles. The molecule has 0 bridgehead atoms. The van der Waals surface area contributed by atoms with E-state index in [0.717, 1.165) is 11.1 Å². The highest BCUT2D eigenvalue weighted by Gasteiger charge is 2.49. The molecule has 0 saturated carbocycles. The second-order valence-electron chi connectivity index (χ2n) is 11.7. The van der Waals surface area contributed by atoms with Gasteiger partial charge in [0.25, 0.3) is 5.91 Å². The molecule has 11 heteroatoms. The molecule has 0 unspecified atom stereocenters. The van der Waals surface area contributed by atoms with E-state index >= 15 is 0 Å². The van der Waals surface area contributed by atoms with E-state index in [9.17, 15) is 24.6 Å². The summed E-state index contributed by atoms with van der Waals surface area (Å²) in [7, 11) is 0. The van der Waals surface area contributed by atoms with Gasteiger partial charge in [-0.3, -0.25) is 9.59 Å². The van der Waals surface area contributed by atoms with E-state index in [-0.39, 0.29) is 19.6 Å². The van der Waals surface area contributed by atoms with Gasteiger partial charge in [-0.2, -0.15) is 0 Å². The molecule has 3 aromatic rings. The summed E-state index contributed by atoms with van der Waals surface area (Å²) in [6.07, 6.45) is -7.48. The first-order valence-electron chi connectivity index (χ1n) is 14.7. The van der Waals surface area contributed by atoms with Crippen LogP contribution in [0.3, 0.4) is 0 Å². The summed E-state index contributed by atoms with van der Waals surface area (Å²) in [5.41, 5.74) is 1.42. The fourth-order valence-corrected chi connectivity index (χ4v) is 4.77. The van der Waals surface area contributed by atoms with Crippen LogP contribution in [0.25, 0.3) is 0 Å². The Labute approximate surface area is 262 Å². The molecule has 240 valence electrons. The summed E-state index contributed by atoms with van der Waals surface area (Å²) in [6, 6.07) is 24.8. The third-order valence-corrected chi connectivity index (χ3v) is 6.92. The summed E-state index contributed by atoms with van der Waals surface area (Å²) >= 11 is 0. The normalized spacial score (nSPS) is 22.1. The predicted molar refractivity (Wildman–Crippen MR) is 163 cm³/mol. The van der Waals surface area contributed by atoms with Gasteiger partial charge in [0, 0.05) is 0 Å². The van der Waals surface area contributed by atoms with Crippen LogP contribution in [-0.4, -0.2) is 64.4 Å². The number of alkyl carbamates (subject to hydrolysis) is 1. The van der Waals surface area contributed by atoms with Gasteiger partial charge in [0.05, 0.1) is 19.1 Å². The molecule has 0 spiro atoms. The predicted octanol–water partition coefficient (Wildman–Crippen LogP) is 3.53. The first-order chi connectivity index (χ1) is 21.5. The van der Waals surface area contributed by atoms with Crippen LogP contribution >= 0.6 is 0 Å². The van der Waals surface area contributed by atoms with Crippen LogP contribution in [0.4, 0.5) is 4.79 Å². The number of aliphatic hydroxyl groups is 2. The fourth-order valence-electron chi connectivity index (χ4n) is 4.77. The highest BCUT2D eigenvalue weighted by molar-refractivity contribution is 5.83. The Morgan fingerprint density at radius 1 is 0.822 bits per heavy atom. The first-order valence-corrected chi connectivity index (χ1v) is 14.7. The number of carbonyl (C=O) groups excluding carboxylic acids is 3. The van der Waals surface area contributed by atoms with Crippen LogP contribution in [0.2, 0.25) is 0 Å². The van der Waals surface area contributed by atoms with E-state index < -0.39 is 60.3 Å². The van der Waals surface area contributed by atoms with Crippen LogP contribution in [-0.2, 0) is 41.8 Å². The number of ether oxygens (including phenoxy) is 4. The van der Waals surface area contributed by atoms with Crippen LogP contribution in [0.5, 0.6) is 0 Å². The molecular formula is C34H40N2O9. The summed E-state index contributed by atoms with van der Waals surface area (Å²) in [5, 5.41) is 27.5. The Kier molecular flexibility index (Phi) is 11.7. The number of hydrogen-bond donors (Lipinski definition) is 4. The molecule has 1 fully saturated rings. The van der Waals surface area contributed by atoms with Crippen LogP contribution in [0, 0.1) is 0 Å². The van der Waals surface area contributed by atoms with E-state index in [1.807, 2.05) is 36.4 Å². The van der Waals surface area contributed by atoms with Gasteiger partial charge in [-0.15, -0.1) is 0 Å². The molecule has 0 aromatic heterocycles. The van der Waals surface area contributed by atoms with Crippen molar-refractivity contribution in [2.24, 2.45) is 0 Å². The molecular weight excluding hydrogens is 580 g/mol. The van der Waals surface area contributed by atoms with Gasteiger partial charge in [0.15, 0.2) is 12.4 Å². The summed E-state index contributed by atoms with van der Waals surface area (Å²) in [4.78, 5) is 39.0. The van der Waals surface area contributed by atoms with E-state index in [4.69, 9.17) is 18.9 Å². The molecule has 3 aromatic carbocycles.